The first-order chi connectivity index (χ1) is 10.6. The first-order valence-electron chi connectivity index (χ1n) is 6.56. The van der Waals surface area contributed by atoms with Crippen molar-refractivity contribution in [3.8, 4) is 11.5 Å². The van der Waals surface area contributed by atoms with Crippen LogP contribution in [0.5, 0.6) is 0 Å². The number of hydrogen-bond acceptors (Lipinski definition) is 6. The van der Waals surface area contributed by atoms with Gasteiger partial charge in [0.15, 0.2) is 5.82 Å². The van der Waals surface area contributed by atoms with Gasteiger partial charge in [-0.25, -0.2) is 13.1 Å². The fourth-order valence-corrected chi connectivity index (χ4v) is 3.91. The summed E-state index contributed by atoms with van der Waals surface area (Å²) in [4.78, 5) is 4.25. The molecule has 3 aromatic rings. The van der Waals surface area contributed by atoms with E-state index in [0.29, 0.717) is 22.3 Å². The molecule has 0 spiro atoms. The number of rotatable bonds is 6. The Hall–Kier alpha value is -2.03. The Kier molecular flexibility index (Phi) is 4.32. The van der Waals surface area contributed by atoms with Gasteiger partial charge in [-0.3, -0.25) is 0 Å². The van der Waals surface area contributed by atoms with Crippen LogP contribution in [0.3, 0.4) is 0 Å². The molecular weight excluding hydrogens is 322 g/mol. The molecule has 2 aromatic heterocycles. The minimum absolute atomic E-state index is 0.216. The molecule has 0 atom stereocenters. The van der Waals surface area contributed by atoms with Crippen molar-refractivity contribution in [2.45, 2.75) is 10.6 Å². The van der Waals surface area contributed by atoms with Crippen LogP contribution in [0.2, 0.25) is 0 Å². The number of hydrogen-bond donors (Lipinski definition) is 1. The Labute approximate surface area is 131 Å². The molecule has 1 N–H and O–H groups in total. The van der Waals surface area contributed by atoms with Crippen molar-refractivity contribution in [3.63, 3.8) is 0 Å². The van der Waals surface area contributed by atoms with E-state index in [-0.39, 0.29) is 6.54 Å². The van der Waals surface area contributed by atoms with E-state index in [1.807, 2.05) is 30.3 Å². The number of nitrogens with zero attached hydrogens (tertiary/aromatic N) is 2. The highest BCUT2D eigenvalue weighted by Crippen LogP contribution is 2.17. The van der Waals surface area contributed by atoms with E-state index < -0.39 is 10.0 Å². The molecule has 8 heteroatoms. The second kappa shape index (κ2) is 6.39. The fraction of sp³-hybridized carbons (Fsp3) is 0.143. The average Bonchev–Trinajstić information content (AvgIpc) is 3.20. The maximum atomic E-state index is 11.9. The second-order valence-electron chi connectivity index (χ2n) is 4.46. The molecular formula is C14H13N3O3S2. The average molecular weight is 335 g/mol. The Bertz CT molecular complexity index is 827. The van der Waals surface area contributed by atoms with Gasteiger partial charge in [0.2, 0.25) is 10.0 Å². The first kappa shape index (κ1) is 14.9. The van der Waals surface area contributed by atoms with E-state index in [9.17, 15) is 8.42 Å². The van der Waals surface area contributed by atoms with Crippen LogP contribution in [0.1, 0.15) is 5.82 Å². The quantitative estimate of drug-likeness (QED) is 0.747. The van der Waals surface area contributed by atoms with Crippen LogP contribution in [-0.2, 0) is 16.4 Å². The molecule has 0 radical (unpaired) electrons. The molecule has 1 aromatic carbocycles. The highest BCUT2D eigenvalue weighted by atomic mass is 32.2. The first-order valence-corrected chi connectivity index (χ1v) is 8.92. The standard InChI is InChI=1S/C14H13N3O3S2/c18-22(19,13-7-4-10-21-13)15-9-8-12-16-14(20-17-12)11-5-2-1-3-6-11/h1-7,10,15H,8-9H2. The predicted molar refractivity (Wildman–Crippen MR) is 82.9 cm³/mol. The molecule has 0 aliphatic rings. The van der Waals surface area contributed by atoms with Gasteiger partial charge in [0.25, 0.3) is 5.89 Å². The van der Waals surface area contributed by atoms with Crippen molar-refractivity contribution in [2.75, 3.05) is 6.54 Å². The number of nitrogens with one attached hydrogen (secondary N) is 1. The van der Waals surface area contributed by atoms with E-state index in [4.69, 9.17) is 4.52 Å². The summed E-state index contributed by atoms with van der Waals surface area (Å²) in [6, 6.07) is 12.7. The molecule has 0 unspecified atom stereocenters. The molecule has 6 nitrogen and oxygen atoms in total. The fourth-order valence-electron chi connectivity index (χ4n) is 1.84. The van der Waals surface area contributed by atoms with Gasteiger partial charge in [-0.05, 0) is 23.6 Å². The lowest BCUT2D eigenvalue weighted by molar-refractivity contribution is 0.422. The van der Waals surface area contributed by atoms with Crippen molar-refractivity contribution >= 4 is 21.4 Å². The zero-order chi connectivity index (χ0) is 15.4. The summed E-state index contributed by atoms with van der Waals surface area (Å²) in [6.07, 6.45) is 0.362. The number of aromatic nitrogens is 2. The number of thiophene rings is 1. The van der Waals surface area contributed by atoms with E-state index >= 15 is 0 Å². The molecule has 0 saturated heterocycles. The molecule has 22 heavy (non-hydrogen) atoms. The molecule has 3 rings (SSSR count). The molecule has 0 amide bonds. The molecule has 0 aliphatic carbocycles. The van der Waals surface area contributed by atoms with Gasteiger partial charge in [0.05, 0.1) is 0 Å². The summed E-state index contributed by atoms with van der Waals surface area (Å²) in [7, 11) is -3.45. The van der Waals surface area contributed by atoms with Crippen LogP contribution in [0.15, 0.2) is 56.6 Å². The van der Waals surface area contributed by atoms with Crippen LogP contribution in [0.4, 0.5) is 0 Å². The summed E-state index contributed by atoms with van der Waals surface area (Å²) in [5, 5.41) is 5.58. The molecule has 0 fully saturated rings. The SMILES string of the molecule is O=S(=O)(NCCc1noc(-c2ccccc2)n1)c1cccs1. The highest BCUT2D eigenvalue weighted by Gasteiger charge is 2.15. The van der Waals surface area contributed by atoms with E-state index in [1.165, 1.54) is 11.3 Å². The lowest BCUT2D eigenvalue weighted by Crippen LogP contribution is -2.25. The minimum Gasteiger partial charge on any atom is -0.334 e. The summed E-state index contributed by atoms with van der Waals surface area (Å²) in [5.41, 5.74) is 0.834. The summed E-state index contributed by atoms with van der Waals surface area (Å²) >= 11 is 1.18. The normalized spacial score (nSPS) is 11.6. The Morgan fingerprint density at radius 2 is 1.95 bits per heavy atom. The van der Waals surface area contributed by atoms with Crippen molar-refractivity contribution < 1.29 is 12.9 Å². The van der Waals surface area contributed by atoms with Gasteiger partial charge in [-0.15, -0.1) is 11.3 Å². The van der Waals surface area contributed by atoms with E-state index in [1.54, 1.807) is 17.5 Å². The topological polar surface area (TPSA) is 85.1 Å². The third-order valence-corrected chi connectivity index (χ3v) is 5.75. The Morgan fingerprint density at radius 1 is 1.14 bits per heavy atom. The predicted octanol–water partition coefficient (Wildman–Crippen LogP) is 2.32. The van der Waals surface area contributed by atoms with Crippen LogP contribution >= 0.6 is 11.3 Å². The van der Waals surface area contributed by atoms with E-state index in [2.05, 4.69) is 14.9 Å². The van der Waals surface area contributed by atoms with Gasteiger partial charge < -0.3 is 4.52 Å². The smallest absolute Gasteiger partial charge is 0.257 e. The van der Waals surface area contributed by atoms with Crippen LogP contribution in [-0.4, -0.2) is 25.1 Å². The number of benzene rings is 1. The molecule has 114 valence electrons. The summed E-state index contributed by atoms with van der Waals surface area (Å²) < 4.78 is 31.9. The zero-order valence-corrected chi connectivity index (χ0v) is 13.1. The van der Waals surface area contributed by atoms with Gasteiger partial charge >= 0.3 is 0 Å². The van der Waals surface area contributed by atoms with Crippen LogP contribution in [0, 0.1) is 0 Å². The lowest BCUT2D eigenvalue weighted by atomic mass is 10.2. The highest BCUT2D eigenvalue weighted by molar-refractivity contribution is 7.91. The van der Waals surface area contributed by atoms with Crippen molar-refractivity contribution in [1.82, 2.24) is 14.9 Å². The Morgan fingerprint density at radius 3 is 2.68 bits per heavy atom. The summed E-state index contributed by atoms with van der Waals surface area (Å²) in [5.74, 6) is 0.893. The molecule has 2 heterocycles. The molecule has 0 saturated carbocycles. The monoisotopic (exact) mass is 335 g/mol. The number of sulfonamides is 1. The maximum absolute atomic E-state index is 11.9. The largest absolute Gasteiger partial charge is 0.334 e. The maximum Gasteiger partial charge on any atom is 0.257 e. The lowest BCUT2D eigenvalue weighted by Gasteiger charge is -2.02. The minimum atomic E-state index is -3.45. The third-order valence-electron chi connectivity index (χ3n) is 2.89. The van der Waals surface area contributed by atoms with E-state index in [0.717, 1.165) is 5.56 Å². The zero-order valence-electron chi connectivity index (χ0n) is 11.5. The van der Waals surface area contributed by atoms with Crippen molar-refractivity contribution in [3.05, 3.63) is 53.7 Å². The van der Waals surface area contributed by atoms with Crippen molar-refractivity contribution in [2.24, 2.45) is 0 Å². The summed E-state index contributed by atoms with van der Waals surface area (Å²) in [6.45, 7) is 0.216. The Balaban J connectivity index is 1.60. The van der Waals surface area contributed by atoms with Gasteiger partial charge in [0, 0.05) is 18.5 Å². The molecule has 0 aliphatic heterocycles. The van der Waals surface area contributed by atoms with Gasteiger partial charge in [-0.2, -0.15) is 4.98 Å². The van der Waals surface area contributed by atoms with Gasteiger partial charge in [0.1, 0.15) is 4.21 Å². The third kappa shape index (κ3) is 3.41. The second-order valence-corrected chi connectivity index (χ2v) is 7.40. The molecule has 0 bridgehead atoms. The van der Waals surface area contributed by atoms with Crippen LogP contribution in [0.25, 0.3) is 11.5 Å². The van der Waals surface area contributed by atoms with Crippen LogP contribution < -0.4 is 4.72 Å². The van der Waals surface area contributed by atoms with Crippen molar-refractivity contribution in [1.29, 1.82) is 0 Å². The van der Waals surface area contributed by atoms with Gasteiger partial charge in [-0.1, -0.05) is 29.4 Å².